The molecule has 1 atom stereocenters. The van der Waals surface area contributed by atoms with Crippen molar-refractivity contribution in [3.8, 4) is 0 Å². The van der Waals surface area contributed by atoms with Crippen molar-refractivity contribution in [2.24, 2.45) is 0 Å². The molecule has 1 N–H and O–H groups in total. The zero-order valence-corrected chi connectivity index (χ0v) is 12.8. The standard InChI is InChI=1S/C15H17F2N3O3/c1-19(2)12(11-9(16)4-3-5-10(11)17)13(21)20-7-15(8-20)6-18-14(22)23-15/h3-5,12H,6-8H2,1-2H3,(H,18,22). The fraction of sp³-hybridized carbons (Fsp3) is 0.467. The van der Waals surface area contributed by atoms with Gasteiger partial charge in [-0.2, -0.15) is 0 Å². The number of rotatable bonds is 3. The van der Waals surface area contributed by atoms with Crippen molar-refractivity contribution < 1.29 is 23.1 Å². The monoisotopic (exact) mass is 325 g/mol. The van der Waals surface area contributed by atoms with Crippen LogP contribution < -0.4 is 5.32 Å². The van der Waals surface area contributed by atoms with E-state index in [4.69, 9.17) is 4.74 Å². The van der Waals surface area contributed by atoms with Crippen molar-refractivity contribution in [1.82, 2.24) is 15.1 Å². The van der Waals surface area contributed by atoms with Gasteiger partial charge in [-0.3, -0.25) is 9.69 Å². The van der Waals surface area contributed by atoms with Gasteiger partial charge in [0, 0.05) is 0 Å². The average Bonchev–Trinajstić information content (AvgIpc) is 2.83. The Morgan fingerprint density at radius 2 is 1.96 bits per heavy atom. The third-order valence-electron chi connectivity index (χ3n) is 4.16. The summed E-state index contributed by atoms with van der Waals surface area (Å²) in [6.07, 6.45) is -0.513. The number of likely N-dealkylation sites (N-methyl/N-ethyl adjacent to an activating group) is 1. The van der Waals surface area contributed by atoms with Crippen LogP contribution in [0.5, 0.6) is 0 Å². The molecule has 1 aromatic carbocycles. The van der Waals surface area contributed by atoms with Gasteiger partial charge in [0.15, 0.2) is 5.60 Å². The van der Waals surface area contributed by atoms with Crippen LogP contribution in [0.4, 0.5) is 13.6 Å². The second-order valence-corrected chi connectivity index (χ2v) is 6.12. The Hall–Kier alpha value is -2.22. The van der Waals surface area contributed by atoms with Crippen LogP contribution in [0.25, 0.3) is 0 Å². The Balaban J connectivity index is 1.80. The Kier molecular flexibility index (Phi) is 3.71. The summed E-state index contributed by atoms with van der Waals surface area (Å²) < 4.78 is 33.2. The highest BCUT2D eigenvalue weighted by Crippen LogP contribution is 2.33. The predicted octanol–water partition coefficient (Wildman–Crippen LogP) is 0.888. The van der Waals surface area contributed by atoms with E-state index in [1.54, 1.807) is 14.1 Å². The van der Waals surface area contributed by atoms with Gasteiger partial charge in [0.1, 0.15) is 17.7 Å². The van der Waals surface area contributed by atoms with Gasteiger partial charge in [-0.1, -0.05) is 6.07 Å². The largest absolute Gasteiger partial charge is 0.437 e. The molecule has 6 nitrogen and oxygen atoms in total. The lowest BCUT2D eigenvalue weighted by Crippen LogP contribution is -2.66. The minimum Gasteiger partial charge on any atom is -0.437 e. The summed E-state index contributed by atoms with van der Waals surface area (Å²) in [6, 6.07) is 2.44. The van der Waals surface area contributed by atoms with E-state index in [-0.39, 0.29) is 18.7 Å². The Morgan fingerprint density at radius 1 is 1.35 bits per heavy atom. The number of hydrogen-bond acceptors (Lipinski definition) is 4. The first-order chi connectivity index (χ1) is 10.8. The Morgan fingerprint density at radius 3 is 2.43 bits per heavy atom. The van der Waals surface area contributed by atoms with E-state index in [0.717, 1.165) is 12.1 Å². The van der Waals surface area contributed by atoms with Crippen LogP contribution in [-0.2, 0) is 9.53 Å². The van der Waals surface area contributed by atoms with Gasteiger partial charge in [0.25, 0.3) is 0 Å². The Bertz CT molecular complexity index is 639. The minimum absolute atomic E-state index is 0.213. The van der Waals surface area contributed by atoms with E-state index in [9.17, 15) is 18.4 Å². The molecule has 23 heavy (non-hydrogen) atoms. The number of benzene rings is 1. The molecule has 0 aliphatic carbocycles. The number of halogens is 2. The number of ether oxygens (including phenoxy) is 1. The van der Waals surface area contributed by atoms with Crippen molar-refractivity contribution in [3.05, 3.63) is 35.4 Å². The molecule has 8 heteroatoms. The highest BCUT2D eigenvalue weighted by molar-refractivity contribution is 5.85. The second kappa shape index (κ2) is 5.45. The first kappa shape index (κ1) is 15.7. The summed E-state index contributed by atoms with van der Waals surface area (Å²) in [5.41, 5.74) is -0.984. The van der Waals surface area contributed by atoms with Gasteiger partial charge in [-0.25, -0.2) is 13.6 Å². The van der Waals surface area contributed by atoms with E-state index >= 15 is 0 Å². The number of alkyl carbamates (subject to hydrolysis) is 1. The molecule has 2 amide bonds. The summed E-state index contributed by atoms with van der Waals surface area (Å²) in [5, 5.41) is 2.54. The van der Waals surface area contributed by atoms with Crippen LogP contribution in [0.2, 0.25) is 0 Å². The SMILES string of the molecule is CN(C)C(C(=O)N1CC2(CNC(=O)O2)C1)c1c(F)cccc1F. The van der Waals surface area contributed by atoms with Crippen molar-refractivity contribution in [2.45, 2.75) is 11.6 Å². The molecule has 2 fully saturated rings. The van der Waals surface area contributed by atoms with Crippen molar-refractivity contribution in [1.29, 1.82) is 0 Å². The minimum atomic E-state index is -1.07. The van der Waals surface area contributed by atoms with Gasteiger partial charge in [-0.15, -0.1) is 0 Å². The average molecular weight is 325 g/mol. The van der Waals surface area contributed by atoms with Crippen LogP contribution in [-0.4, -0.2) is 61.1 Å². The molecule has 2 aliphatic heterocycles. The number of nitrogens with zero attached hydrogens (tertiary/aromatic N) is 2. The predicted molar refractivity (Wildman–Crippen MR) is 76.6 cm³/mol. The molecule has 0 saturated carbocycles. The molecule has 0 radical (unpaired) electrons. The maximum Gasteiger partial charge on any atom is 0.408 e. The molecule has 1 unspecified atom stereocenters. The highest BCUT2D eigenvalue weighted by Gasteiger charge is 2.53. The maximum absolute atomic E-state index is 14.0. The molecule has 3 rings (SSSR count). The Labute approximate surface area is 132 Å². The van der Waals surface area contributed by atoms with Crippen LogP contribution in [0.3, 0.4) is 0 Å². The second-order valence-electron chi connectivity index (χ2n) is 6.12. The maximum atomic E-state index is 14.0. The number of nitrogens with one attached hydrogen (secondary N) is 1. The summed E-state index contributed by atoms with van der Waals surface area (Å²) in [6.45, 7) is 0.756. The lowest BCUT2D eigenvalue weighted by atomic mass is 9.92. The van der Waals surface area contributed by atoms with Gasteiger partial charge < -0.3 is 15.0 Å². The zero-order chi connectivity index (χ0) is 16.8. The van der Waals surface area contributed by atoms with Crippen LogP contribution in [0.15, 0.2) is 18.2 Å². The topological polar surface area (TPSA) is 61.9 Å². The zero-order valence-electron chi connectivity index (χ0n) is 12.8. The van der Waals surface area contributed by atoms with Crippen molar-refractivity contribution in [3.63, 3.8) is 0 Å². The van der Waals surface area contributed by atoms with Gasteiger partial charge in [0.2, 0.25) is 5.91 Å². The molecule has 1 aromatic rings. The summed E-state index contributed by atoms with van der Waals surface area (Å²) in [4.78, 5) is 26.7. The number of carbonyl (C=O) groups is 2. The number of hydrogen-bond donors (Lipinski definition) is 1. The third-order valence-corrected chi connectivity index (χ3v) is 4.16. The first-order valence-electron chi connectivity index (χ1n) is 7.19. The molecule has 0 bridgehead atoms. The number of amides is 2. The van der Waals surface area contributed by atoms with Crippen LogP contribution >= 0.6 is 0 Å². The quantitative estimate of drug-likeness (QED) is 0.896. The molecular weight excluding hydrogens is 308 g/mol. The smallest absolute Gasteiger partial charge is 0.408 e. The number of likely N-dealkylation sites (tertiary alicyclic amines) is 1. The lowest BCUT2D eigenvalue weighted by Gasteiger charge is -2.47. The van der Waals surface area contributed by atoms with E-state index < -0.39 is 35.3 Å². The number of carbonyl (C=O) groups excluding carboxylic acids is 2. The third kappa shape index (κ3) is 2.63. The molecular formula is C15H17F2N3O3. The van der Waals surface area contributed by atoms with Gasteiger partial charge in [0.05, 0.1) is 25.2 Å². The van der Waals surface area contributed by atoms with Gasteiger partial charge >= 0.3 is 6.09 Å². The van der Waals surface area contributed by atoms with E-state index in [1.807, 2.05) is 0 Å². The normalized spacial score (nSPS) is 20.2. The van der Waals surface area contributed by atoms with Crippen LogP contribution in [0.1, 0.15) is 11.6 Å². The van der Waals surface area contributed by atoms with Crippen molar-refractivity contribution >= 4 is 12.0 Å². The molecule has 124 valence electrons. The fourth-order valence-corrected chi connectivity index (χ4v) is 3.03. The van der Waals surface area contributed by atoms with E-state index in [1.165, 1.54) is 15.9 Å². The van der Waals surface area contributed by atoms with E-state index in [2.05, 4.69) is 5.32 Å². The molecule has 2 heterocycles. The summed E-state index contributed by atoms with van der Waals surface area (Å²) in [5.74, 6) is -1.95. The molecule has 1 spiro atoms. The summed E-state index contributed by atoms with van der Waals surface area (Å²) >= 11 is 0. The van der Waals surface area contributed by atoms with Crippen LogP contribution in [0, 0.1) is 11.6 Å². The van der Waals surface area contributed by atoms with Crippen molar-refractivity contribution in [2.75, 3.05) is 33.7 Å². The fourth-order valence-electron chi connectivity index (χ4n) is 3.03. The summed E-state index contributed by atoms with van der Waals surface area (Å²) in [7, 11) is 3.17. The highest BCUT2D eigenvalue weighted by atomic mass is 19.1. The van der Waals surface area contributed by atoms with E-state index in [0.29, 0.717) is 6.54 Å². The molecule has 2 saturated heterocycles. The molecule has 2 aliphatic rings. The molecule has 0 aromatic heterocycles. The first-order valence-corrected chi connectivity index (χ1v) is 7.19. The van der Waals surface area contributed by atoms with Gasteiger partial charge in [-0.05, 0) is 26.2 Å². The lowest BCUT2D eigenvalue weighted by molar-refractivity contribution is -0.155.